The number of terminal acetylenes is 1. The molecule has 0 atom stereocenters. The molecule has 0 amide bonds. The van der Waals surface area contributed by atoms with E-state index in [-0.39, 0.29) is 17.3 Å². The van der Waals surface area contributed by atoms with Gasteiger partial charge in [-0.2, -0.15) is 0 Å². The fraction of sp³-hybridized carbons (Fsp3) is 0.250. The van der Waals surface area contributed by atoms with Crippen LogP contribution in [-0.2, 0) is 4.79 Å². The van der Waals surface area contributed by atoms with Crippen LogP contribution < -0.4 is 0 Å². The Kier molecular flexibility index (Phi) is 4.45. The lowest BCUT2D eigenvalue weighted by Gasteiger charge is -2.11. The van der Waals surface area contributed by atoms with Crippen LogP contribution in [0.1, 0.15) is 13.8 Å². The monoisotopic (exact) mass is 190 g/mol. The highest BCUT2D eigenvalue weighted by molar-refractivity contribution is 5.83. The fourth-order valence-corrected chi connectivity index (χ4v) is 0.903. The maximum atomic E-state index is 10.7. The van der Waals surface area contributed by atoms with Crippen LogP contribution in [0.4, 0.5) is 0 Å². The second kappa shape index (κ2) is 5.08. The molecular weight excluding hydrogens is 176 g/mol. The molecule has 0 aromatic rings. The molecule has 0 radical (unpaired) electrons. The van der Waals surface area contributed by atoms with Crippen LogP contribution in [0.5, 0.6) is 0 Å². The van der Waals surface area contributed by atoms with Gasteiger partial charge in [0.2, 0.25) is 0 Å². The van der Waals surface area contributed by atoms with Gasteiger partial charge >= 0.3 is 0 Å². The van der Waals surface area contributed by atoms with E-state index in [4.69, 9.17) is 11.5 Å². The van der Waals surface area contributed by atoms with E-state index in [9.17, 15) is 4.79 Å². The predicted octanol–water partition coefficient (Wildman–Crippen LogP) is 2.40. The lowest BCUT2D eigenvalue weighted by atomic mass is 9.93. The average Bonchev–Trinajstić information content (AvgIpc) is 2.11. The number of aliphatic hydroxyl groups is 1. The summed E-state index contributed by atoms with van der Waals surface area (Å²) >= 11 is 0. The van der Waals surface area contributed by atoms with Crippen LogP contribution in [0.3, 0.4) is 0 Å². The molecule has 0 aliphatic rings. The van der Waals surface area contributed by atoms with Crippen molar-refractivity contribution in [3.8, 4) is 12.3 Å². The predicted molar refractivity (Wildman–Crippen MR) is 57.7 cm³/mol. The summed E-state index contributed by atoms with van der Waals surface area (Å²) in [6.07, 6.45) is 5.74. The number of rotatable bonds is 4. The van der Waals surface area contributed by atoms with Crippen molar-refractivity contribution in [3.63, 3.8) is 0 Å². The van der Waals surface area contributed by atoms with Crippen molar-refractivity contribution in [2.45, 2.75) is 13.8 Å². The minimum absolute atomic E-state index is 0.0335. The Labute approximate surface area is 84.6 Å². The lowest BCUT2D eigenvalue weighted by molar-refractivity contribution is -0.104. The zero-order valence-corrected chi connectivity index (χ0v) is 8.50. The van der Waals surface area contributed by atoms with Gasteiger partial charge in [-0.25, -0.2) is 0 Å². The zero-order valence-electron chi connectivity index (χ0n) is 8.50. The van der Waals surface area contributed by atoms with Crippen molar-refractivity contribution in [1.82, 2.24) is 0 Å². The summed E-state index contributed by atoms with van der Waals surface area (Å²) in [6, 6.07) is 0. The Morgan fingerprint density at radius 2 is 2.00 bits per heavy atom. The molecule has 0 aliphatic carbocycles. The summed E-state index contributed by atoms with van der Waals surface area (Å²) in [5.74, 6) is 2.14. The maximum Gasteiger partial charge on any atom is 0.155 e. The third-order valence-electron chi connectivity index (χ3n) is 1.86. The van der Waals surface area contributed by atoms with Crippen LogP contribution in [-0.4, -0.2) is 11.4 Å². The summed E-state index contributed by atoms with van der Waals surface area (Å²) in [4.78, 5) is 10.7. The summed E-state index contributed by atoms with van der Waals surface area (Å²) in [7, 11) is 0. The molecule has 0 fully saturated rings. The summed E-state index contributed by atoms with van der Waals surface area (Å²) < 4.78 is 0. The van der Waals surface area contributed by atoms with Crippen LogP contribution in [0.15, 0.2) is 35.6 Å². The van der Waals surface area contributed by atoms with Crippen molar-refractivity contribution in [1.29, 1.82) is 0 Å². The first kappa shape index (κ1) is 12.2. The molecule has 0 aliphatic heterocycles. The van der Waals surface area contributed by atoms with E-state index in [1.807, 2.05) is 13.8 Å². The Hall–Kier alpha value is -1.75. The molecule has 0 rings (SSSR count). The van der Waals surface area contributed by atoms with Gasteiger partial charge in [0.1, 0.15) is 5.76 Å². The second-order valence-corrected chi connectivity index (χ2v) is 3.18. The molecule has 0 heterocycles. The SMILES string of the molecule is C#C/C(C(=C)C(C)C)=C(\C=O)C(=C)O. The smallest absolute Gasteiger partial charge is 0.155 e. The van der Waals surface area contributed by atoms with Crippen LogP contribution in [0.25, 0.3) is 0 Å². The maximum absolute atomic E-state index is 10.7. The van der Waals surface area contributed by atoms with Gasteiger partial charge in [0.05, 0.1) is 5.57 Å². The Morgan fingerprint density at radius 1 is 1.50 bits per heavy atom. The van der Waals surface area contributed by atoms with E-state index in [1.54, 1.807) is 0 Å². The van der Waals surface area contributed by atoms with E-state index in [1.165, 1.54) is 0 Å². The average molecular weight is 190 g/mol. The van der Waals surface area contributed by atoms with E-state index in [2.05, 4.69) is 19.1 Å². The van der Waals surface area contributed by atoms with Gasteiger partial charge in [-0.3, -0.25) is 4.79 Å². The number of aliphatic hydroxyl groups excluding tert-OH is 1. The Balaban J connectivity index is 5.44. The number of aldehydes is 1. The highest BCUT2D eigenvalue weighted by Gasteiger charge is 2.12. The summed E-state index contributed by atoms with van der Waals surface area (Å²) in [6.45, 7) is 10.8. The van der Waals surface area contributed by atoms with Crippen LogP contribution in [0, 0.1) is 18.3 Å². The van der Waals surface area contributed by atoms with Crippen LogP contribution in [0.2, 0.25) is 0 Å². The topological polar surface area (TPSA) is 37.3 Å². The van der Waals surface area contributed by atoms with Gasteiger partial charge in [-0.05, 0) is 11.5 Å². The highest BCUT2D eigenvalue weighted by Crippen LogP contribution is 2.21. The minimum Gasteiger partial charge on any atom is -0.508 e. The molecule has 74 valence electrons. The molecule has 2 nitrogen and oxygen atoms in total. The first-order valence-corrected chi connectivity index (χ1v) is 4.19. The normalized spacial score (nSPS) is 11.6. The van der Waals surface area contributed by atoms with E-state index in [0.717, 1.165) is 0 Å². The lowest BCUT2D eigenvalue weighted by Crippen LogP contribution is -2.02. The van der Waals surface area contributed by atoms with Crippen molar-refractivity contribution >= 4 is 6.29 Å². The largest absolute Gasteiger partial charge is 0.508 e. The molecule has 1 N–H and O–H groups in total. The van der Waals surface area contributed by atoms with Crippen molar-refractivity contribution in [3.05, 3.63) is 35.6 Å². The molecule has 0 aromatic heterocycles. The number of allylic oxidation sites excluding steroid dienone is 3. The summed E-state index contributed by atoms with van der Waals surface area (Å²) in [5, 5.41) is 9.12. The molecule has 0 bridgehead atoms. The molecular formula is C12H14O2. The van der Waals surface area contributed by atoms with Gasteiger partial charge in [0.15, 0.2) is 6.29 Å². The molecule has 14 heavy (non-hydrogen) atoms. The molecule has 0 spiro atoms. The second-order valence-electron chi connectivity index (χ2n) is 3.18. The van der Waals surface area contributed by atoms with Crippen molar-refractivity contribution in [2.24, 2.45) is 5.92 Å². The number of hydrogen-bond donors (Lipinski definition) is 1. The molecule has 0 unspecified atom stereocenters. The summed E-state index contributed by atoms with van der Waals surface area (Å²) in [5.41, 5.74) is 0.999. The van der Waals surface area contributed by atoms with Gasteiger partial charge in [0.25, 0.3) is 0 Å². The fourth-order valence-electron chi connectivity index (χ4n) is 0.903. The van der Waals surface area contributed by atoms with Crippen molar-refractivity contribution in [2.75, 3.05) is 0 Å². The Morgan fingerprint density at radius 3 is 2.21 bits per heavy atom. The zero-order chi connectivity index (χ0) is 11.3. The molecule has 0 aromatic carbocycles. The third kappa shape index (κ3) is 2.63. The highest BCUT2D eigenvalue weighted by atomic mass is 16.3. The van der Waals surface area contributed by atoms with E-state index in [0.29, 0.717) is 17.4 Å². The van der Waals surface area contributed by atoms with Gasteiger partial charge in [-0.15, -0.1) is 6.42 Å². The van der Waals surface area contributed by atoms with Gasteiger partial charge in [0, 0.05) is 5.57 Å². The van der Waals surface area contributed by atoms with E-state index >= 15 is 0 Å². The molecule has 2 heteroatoms. The standard InChI is InChI=1S/C12H14O2/c1-6-11(9(4)8(2)3)12(7-13)10(5)14/h1,7-8,14H,4-5H2,2-3H3/b12-11-. The van der Waals surface area contributed by atoms with E-state index < -0.39 is 0 Å². The quantitative estimate of drug-likeness (QED) is 0.243. The van der Waals surface area contributed by atoms with Crippen LogP contribution >= 0.6 is 0 Å². The first-order chi connectivity index (χ1) is 6.45. The number of hydrogen-bond acceptors (Lipinski definition) is 2. The minimum atomic E-state index is -0.324. The molecule has 0 saturated carbocycles. The molecule has 0 saturated heterocycles. The van der Waals surface area contributed by atoms with Crippen molar-refractivity contribution < 1.29 is 9.90 Å². The van der Waals surface area contributed by atoms with Gasteiger partial charge in [-0.1, -0.05) is 32.9 Å². The number of carbonyl (C=O) groups is 1. The Bertz CT molecular complexity index is 338. The first-order valence-electron chi connectivity index (χ1n) is 4.19. The third-order valence-corrected chi connectivity index (χ3v) is 1.86. The number of carbonyl (C=O) groups excluding carboxylic acids is 1. The van der Waals surface area contributed by atoms with Gasteiger partial charge < -0.3 is 5.11 Å².